The van der Waals surface area contributed by atoms with Crippen molar-refractivity contribution in [3.63, 3.8) is 0 Å². The molecule has 1 fully saturated rings. The highest BCUT2D eigenvalue weighted by molar-refractivity contribution is 8.18. The van der Waals surface area contributed by atoms with Crippen molar-refractivity contribution in [3.8, 4) is 0 Å². The van der Waals surface area contributed by atoms with Gasteiger partial charge in [-0.25, -0.2) is 0 Å². The van der Waals surface area contributed by atoms with Crippen molar-refractivity contribution in [2.24, 2.45) is 0 Å². The van der Waals surface area contributed by atoms with Crippen LogP contribution >= 0.6 is 11.8 Å². The van der Waals surface area contributed by atoms with Crippen LogP contribution in [0.4, 0.5) is 18.0 Å². The van der Waals surface area contributed by atoms with Gasteiger partial charge in [-0.2, -0.15) is 13.2 Å². The molecular formula is C20H16F3N3O4S. The molecule has 0 bridgehead atoms. The number of pyridine rings is 1. The summed E-state index contributed by atoms with van der Waals surface area (Å²) in [5.74, 6) is -1.23. The minimum Gasteiger partial charge on any atom is -0.353 e. The molecule has 0 aliphatic carbocycles. The number of alkyl halides is 3. The van der Waals surface area contributed by atoms with Gasteiger partial charge in [0.2, 0.25) is 5.91 Å². The van der Waals surface area contributed by atoms with Gasteiger partial charge in [0.25, 0.3) is 16.7 Å². The van der Waals surface area contributed by atoms with Gasteiger partial charge in [-0.05, 0) is 29.5 Å². The van der Waals surface area contributed by atoms with Crippen LogP contribution in [0.2, 0.25) is 0 Å². The van der Waals surface area contributed by atoms with E-state index in [-0.39, 0.29) is 18.0 Å². The summed E-state index contributed by atoms with van der Waals surface area (Å²) in [5, 5.41) is 1.90. The minimum absolute atomic E-state index is 0.108. The van der Waals surface area contributed by atoms with Gasteiger partial charge in [0.1, 0.15) is 6.54 Å². The average molecular weight is 451 g/mol. The summed E-state index contributed by atoms with van der Waals surface area (Å²) in [6.07, 6.45) is -2.50. The van der Waals surface area contributed by atoms with Gasteiger partial charge >= 0.3 is 6.18 Å². The molecule has 162 valence electrons. The normalized spacial score (nSPS) is 15.6. The Morgan fingerprint density at radius 2 is 1.77 bits per heavy atom. The monoisotopic (exact) mass is 451 g/mol. The molecule has 3 rings (SSSR count). The molecule has 0 spiro atoms. The molecule has 1 aromatic carbocycles. The average Bonchev–Trinajstić information content (AvgIpc) is 2.97. The van der Waals surface area contributed by atoms with Crippen LogP contribution in [0, 0.1) is 0 Å². The molecule has 1 saturated heterocycles. The molecule has 7 nitrogen and oxygen atoms in total. The minimum atomic E-state index is -4.65. The lowest BCUT2D eigenvalue weighted by molar-refractivity contribution is -0.138. The number of hydrogen-bond donors (Lipinski definition) is 1. The Bertz CT molecular complexity index is 1100. The number of nitrogens with zero attached hydrogens (tertiary/aromatic N) is 2. The van der Waals surface area contributed by atoms with E-state index in [9.17, 15) is 32.3 Å². The third kappa shape index (κ3) is 5.63. The summed E-state index contributed by atoms with van der Waals surface area (Å²) >= 11 is 0.778. The van der Waals surface area contributed by atoms with Crippen molar-refractivity contribution >= 4 is 34.9 Å². The number of nitrogens with one attached hydrogen (secondary N) is 1. The first-order chi connectivity index (χ1) is 14.6. The van der Waals surface area contributed by atoms with Crippen molar-refractivity contribution in [1.82, 2.24) is 14.8 Å². The molecule has 2 aromatic rings. The van der Waals surface area contributed by atoms with Gasteiger partial charge < -0.3 is 9.88 Å². The number of hydrogen-bond acceptors (Lipinski definition) is 5. The number of thioether (sulfide) groups is 1. The van der Waals surface area contributed by atoms with Crippen molar-refractivity contribution in [3.05, 3.63) is 75.0 Å². The Balaban J connectivity index is 1.56. The molecule has 0 radical (unpaired) electrons. The first-order valence-electron chi connectivity index (χ1n) is 9.00. The fourth-order valence-corrected chi connectivity index (χ4v) is 3.60. The zero-order valence-corrected chi connectivity index (χ0v) is 16.7. The van der Waals surface area contributed by atoms with E-state index in [4.69, 9.17) is 0 Å². The molecule has 0 unspecified atom stereocenters. The van der Waals surface area contributed by atoms with E-state index in [0.29, 0.717) is 16.8 Å². The standard InChI is InChI=1S/C20H16F3N3O4S/c21-20(22,23)14-6-7-17(28)25(11-14)12-16(27)24-8-9-26-18(29)15(31-19(26)30)10-13-4-2-1-3-5-13/h1-7,10-11H,8-9,12H2,(H,24,27)/b15-10-. The number of halogens is 3. The van der Waals surface area contributed by atoms with E-state index >= 15 is 0 Å². The molecule has 11 heteroatoms. The zero-order valence-electron chi connectivity index (χ0n) is 15.9. The van der Waals surface area contributed by atoms with Gasteiger partial charge in [0.05, 0.1) is 10.5 Å². The maximum Gasteiger partial charge on any atom is 0.417 e. The van der Waals surface area contributed by atoms with Crippen LogP contribution in [0.3, 0.4) is 0 Å². The summed E-state index contributed by atoms with van der Waals surface area (Å²) in [4.78, 5) is 49.4. The lowest BCUT2D eigenvalue weighted by atomic mass is 10.2. The number of carbonyl (C=O) groups excluding carboxylic acids is 3. The van der Waals surface area contributed by atoms with Gasteiger partial charge in [-0.1, -0.05) is 30.3 Å². The molecule has 1 aliphatic rings. The van der Waals surface area contributed by atoms with E-state index in [0.717, 1.165) is 28.3 Å². The summed E-state index contributed by atoms with van der Waals surface area (Å²) in [5.41, 5.74) is -1.06. The van der Waals surface area contributed by atoms with E-state index in [2.05, 4.69) is 5.32 Å². The van der Waals surface area contributed by atoms with Crippen LogP contribution < -0.4 is 10.9 Å². The largest absolute Gasteiger partial charge is 0.417 e. The second kappa shape index (κ2) is 9.21. The fraction of sp³-hybridized carbons (Fsp3) is 0.200. The van der Waals surface area contributed by atoms with Crippen molar-refractivity contribution in [2.75, 3.05) is 13.1 Å². The molecular weight excluding hydrogens is 435 g/mol. The van der Waals surface area contributed by atoms with E-state index in [1.54, 1.807) is 30.3 Å². The van der Waals surface area contributed by atoms with E-state index < -0.39 is 40.9 Å². The Kier molecular flexibility index (Phi) is 6.64. The number of imide groups is 1. The van der Waals surface area contributed by atoms with E-state index in [1.165, 1.54) is 0 Å². The van der Waals surface area contributed by atoms with Crippen LogP contribution in [0.1, 0.15) is 11.1 Å². The summed E-state index contributed by atoms with van der Waals surface area (Å²) in [7, 11) is 0. The molecule has 0 saturated carbocycles. The lowest BCUT2D eigenvalue weighted by Gasteiger charge is -2.14. The highest BCUT2D eigenvalue weighted by atomic mass is 32.2. The SMILES string of the molecule is O=C(Cn1cc(C(F)(F)F)ccc1=O)NCCN1C(=O)S/C(=C\c2ccccc2)C1=O. The van der Waals surface area contributed by atoms with Crippen LogP contribution in [-0.2, 0) is 22.3 Å². The summed E-state index contributed by atoms with van der Waals surface area (Å²) in [6.45, 7) is -0.845. The van der Waals surface area contributed by atoms with Gasteiger partial charge in [-0.15, -0.1) is 0 Å². The molecule has 0 atom stereocenters. The Hall–Kier alpha value is -3.34. The number of amides is 3. The lowest BCUT2D eigenvalue weighted by Crippen LogP contribution is -2.39. The highest BCUT2D eigenvalue weighted by Crippen LogP contribution is 2.31. The Labute approximate surface area is 178 Å². The van der Waals surface area contributed by atoms with Crippen LogP contribution in [0.15, 0.2) is 58.4 Å². The predicted molar refractivity (Wildman–Crippen MR) is 108 cm³/mol. The van der Waals surface area contributed by atoms with Crippen molar-refractivity contribution in [2.45, 2.75) is 12.7 Å². The molecule has 3 amide bonds. The van der Waals surface area contributed by atoms with Crippen LogP contribution in [0.25, 0.3) is 6.08 Å². The molecule has 1 aliphatic heterocycles. The number of benzene rings is 1. The van der Waals surface area contributed by atoms with Crippen LogP contribution in [0.5, 0.6) is 0 Å². The van der Waals surface area contributed by atoms with E-state index in [1.807, 2.05) is 6.07 Å². The van der Waals surface area contributed by atoms with Gasteiger partial charge in [-0.3, -0.25) is 24.1 Å². The quantitative estimate of drug-likeness (QED) is 0.683. The first kappa shape index (κ1) is 22.3. The molecule has 1 aromatic heterocycles. The summed E-state index contributed by atoms with van der Waals surface area (Å²) in [6, 6.07) is 10.3. The van der Waals surface area contributed by atoms with Crippen molar-refractivity contribution in [1.29, 1.82) is 0 Å². The van der Waals surface area contributed by atoms with Gasteiger partial charge in [0.15, 0.2) is 0 Å². The Morgan fingerprint density at radius 1 is 1.06 bits per heavy atom. The zero-order chi connectivity index (χ0) is 22.6. The Morgan fingerprint density at radius 3 is 2.45 bits per heavy atom. The number of rotatable bonds is 6. The second-order valence-corrected chi connectivity index (χ2v) is 7.47. The third-order valence-corrected chi connectivity index (χ3v) is 5.16. The van der Waals surface area contributed by atoms with Crippen LogP contribution in [-0.4, -0.2) is 39.6 Å². The summed E-state index contributed by atoms with van der Waals surface area (Å²) < 4.78 is 38.9. The first-order valence-corrected chi connectivity index (χ1v) is 9.81. The smallest absolute Gasteiger partial charge is 0.353 e. The maximum absolute atomic E-state index is 12.8. The highest BCUT2D eigenvalue weighted by Gasteiger charge is 2.34. The molecule has 1 N–H and O–H groups in total. The third-order valence-electron chi connectivity index (χ3n) is 4.25. The topological polar surface area (TPSA) is 88.5 Å². The van der Waals surface area contributed by atoms with Crippen molar-refractivity contribution < 1.29 is 27.6 Å². The number of aromatic nitrogens is 1. The second-order valence-electron chi connectivity index (χ2n) is 6.48. The maximum atomic E-state index is 12.8. The van der Waals surface area contributed by atoms with Gasteiger partial charge in [0, 0.05) is 25.4 Å². The fourth-order valence-electron chi connectivity index (χ4n) is 2.73. The predicted octanol–water partition coefficient (Wildman–Crippen LogP) is 2.72. The molecule has 2 heterocycles. The molecule has 31 heavy (non-hydrogen) atoms. The number of carbonyl (C=O) groups is 3.